The van der Waals surface area contributed by atoms with E-state index >= 15 is 0 Å². The molecule has 6 rings (SSSR count). The third-order valence-electron chi connectivity index (χ3n) is 6.76. The Bertz CT molecular complexity index is 1410. The Labute approximate surface area is 193 Å². The summed E-state index contributed by atoms with van der Waals surface area (Å²) >= 11 is 0. The fourth-order valence-electron chi connectivity index (χ4n) is 4.83. The first-order chi connectivity index (χ1) is 16.4. The van der Waals surface area contributed by atoms with Crippen molar-refractivity contribution in [2.75, 3.05) is 25.1 Å². The molecule has 2 fully saturated rings. The monoisotopic (exact) mass is 460 g/mol. The summed E-state index contributed by atoms with van der Waals surface area (Å²) in [6.07, 6.45) is 0.340. The molecule has 1 aromatic carbocycles. The highest BCUT2D eigenvalue weighted by molar-refractivity contribution is 6.10. The van der Waals surface area contributed by atoms with Crippen molar-refractivity contribution in [3.8, 4) is 5.75 Å². The van der Waals surface area contributed by atoms with E-state index in [0.717, 1.165) is 5.56 Å². The number of nitrogens with zero attached hydrogens (tertiary/aromatic N) is 3. The number of pyridine rings is 1. The lowest BCUT2D eigenvalue weighted by Gasteiger charge is -2.29. The smallest absolute Gasteiger partial charge is 0.254 e. The van der Waals surface area contributed by atoms with Crippen LogP contribution in [0.2, 0.25) is 0 Å². The van der Waals surface area contributed by atoms with Crippen molar-refractivity contribution < 1.29 is 28.3 Å². The maximum absolute atomic E-state index is 13.1. The number of carbonyl (C=O) groups is 4. The van der Waals surface area contributed by atoms with Crippen molar-refractivity contribution in [1.82, 2.24) is 15.2 Å². The summed E-state index contributed by atoms with van der Waals surface area (Å²) in [6.45, 7) is 0.879. The van der Waals surface area contributed by atoms with Crippen molar-refractivity contribution in [2.45, 2.75) is 24.8 Å². The van der Waals surface area contributed by atoms with Crippen LogP contribution in [0.15, 0.2) is 40.8 Å². The zero-order valence-electron chi connectivity index (χ0n) is 18.3. The summed E-state index contributed by atoms with van der Waals surface area (Å²) in [5.74, 6) is 0.136. The maximum atomic E-state index is 13.1. The lowest BCUT2D eigenvalue weighted by Crippen LogP contribution is -2.46. The highest BCUT2D eigenvalue weighted by Gasteiger charge is 2.53. The van der Waals surface area contributed by atoms with E-state index < -0.39 is 17.2 Å². The van der Waals surface area contributed by atoms with Crippen LogP contribution in [-0.4, -0.2) is 53.7 Å². The maximum Gasteiger partial charge on any atom is 0.254 e. The van der Waals surface area contributed by atoms with Crippen LogP contribution in [0.1, 0.15) is 34.5 Å². The molecule has 0 unspecified atom stereocenters. The molecule has 0 spiro atoms. The second-order valence-electron chi connectivity index (χ2n) is 8.78. The Balaban J connectivity index is 1.37. The standard InChI is InChI=1S/C24H20N4O6/c1-33-14-3-2-13-11-27(22(31)15(13)8-14)12-24(10-20(29)26-23(24)32)18-9-16-17(34-18)4-5-19(25-16)28-7-6-21(28)30/h2-5,8-9H,6-7,10-12H2,1H3,(H,26,29,32)/t24-/m1/s1. The number of nitrogens with one attached hydrogen (secondary N) is 1. The third-order valence-corrected chi connectivity index (χ3v) is 6.76. The fourth-order valence-corrected chi connectivity index (χ4v) is 4.83. The molecule has 0 saturated carbocycles. The topological polar surface area (TPSA) is 122 Å². The number of amides is 4. The van der Waals surface area contributed by atoms with Gasteiger partial charge in [0.1, 0.15) is 28.3 Å². The second kappa shape index (κ2) is 7.14. The van der Waals surface area contributed by atoms with E-state index in [-0.39, 0.29) is 30.5 Å². The van der Waals surface area contributed by atoms with Crippen LogP contribution >= 0.6 is 0 Å². The van der Waals surface area contributed by atoms with E-state index in [9.17, 15) is 19.2 Å². The molecule has 0 radical (unpaired) electrons. The Morgan fingerprint density at radius 3 is 2.68 bits per heavy atom. The summed E-state index contributed by atoms with van der Waals surface area (Å²) in [7, 11) is 1.53. The van der Waals surface area contributed by atoms with Crippen molar-refractivity contribution in [1.29, 1.82) is 0 Å². The van der Waals surface area contributed by atoms with Gasteiger partial charge in [0.05, 0.1) is 13.5 Å². The van der Waals surface area contributed by atoms with Crippen LogP contribution in [0.5, 0.6) is 5.75 Å². The second-order valence-corrected chi connectivity index (χ2v) is 8.78. The summed E-state index contributed by atoms with van der Waals surface area (Å²) in [5, 5.41) is 2.36. The Hall–Kier alpha value is -4.21. The third kappa shape index (κ3) is 2.91. The molecule has 2 saturated heterocycles. The predicted molar refractivity (Wildman–Crippen MR) is 118 cm³/mol. The van der Waals surface area contributed by atoms with Gasteiger partial charge >= 0.3 is 0 Å². The molecule has 2 aromatic heterocycles. The van der Waals surface area contributed by atoms with Crippen molar-refractivity contribution in [3.05, 3.63) is 53.3 Å². The van der Waals surface area contributed by atoms with Gasteiger partial charge in [-0.25, -0.2) is 4.98 Å². The van der Waals surface area contributed by atoms with Crippen LogP contribution in [0, 0.1) is 0 Å². The molecular weight excluding hydrogens is 440 g/mol. The summed E-state index contributed by atoms with van der Waals surface area (Å²) in [4.78, 5) is 58.0. The number of fused-ring (bicyclic) bond motifs is 2. The molecule has 0 aliphatic carbocycles. The first kappa shape index (κ1) is 20.4. The van der Waals surface area contributed by atoms with Gasteiger partial charge in [-0.3, -0.25) is 29.4 Å². The number of anilines is 1. The van der Waals surface area contributed by atoms with Crippen molar-refractivity contribution >= 4 is 40.5 Å². The highest BCUT2D eigenvalue weighted by Crippen LogP contribution is 2.39. The molecule has 172 valence electrons. The number of carbonyl (C=O) groups excluding carboxylic acids is 4. The molecule has 0 bridgehead atoms. The molecular formula is C24H20N4O6. The van der Waals surface area contributed by atoms with E-state index in [1.165, 1.54) is 7.11 Å². The largest absolute Gasteiger partial charge is 0.497 e. The summed E-state index contributed by atoms with van der Waals surface area (Å²) < 4.78 is 11.2. The molecule has 4 amide bonds. The van der Waals surface area contributed by atoms with Gasteiger partial charge in [-0.2, -0.15) is 0 Å². The molecule has 3 aromatic rings. The average molecular weight is 460 g/mol. The molecule has 10 heteroatoms. The van der Waals surface area contributed by atoms with E-state index in [1.807, 2.05) is 6.07 Å². The number of methoxy groups -OCH3 is 1. The first-order valence-electron chi connectivity index (χ1n) is 10.9. The predicted octanol–water partition coefficient (Wildman–Crippen LogP) is 1.51. The fraction of sp³-hybridized carbons (Fsp3) is 0.292. The van der Waals surface area contributed by atoms with Crippen LogP contribution in [0.25, 0.3) is 11.1 Å². The number of imide groups is 1. The molecule has 10 nitrogen and oxygen atoms in total. The quantitative estimate of drug-likeness (QED) is 0.452. The van der Waals surface area contributed by atoms with Gasteiger partial charge in [0.15, 0.2) is 5.58 Å². The van der Waals surface area contributed by atoms with Crippen molar-refractivity contribution in [2.24, 2.45) is 0 Å². The van der Waals surface area contributed by atoms with Gasteiger partial charge < -0.3 is 14.1 Å². The molecule has 5 heterocycles. The van der Waals surface area contributed by atoms with Gasteiger partial charge in [-0.1, -0.05) is 6.07 Å². The van der Waals surface area contributed by atoms with Crippen LogP contribution in [0.4, 0.5) is 5.82 Å². The van der Waals surface area contributed by atoms with Gasteiger partial charge in [-0.15, -0.1) is 0 Å². The Kier molecular flexibility index (Phi) is 4.29. The van der Waals surface area contributed by atoms with Crippen LogP contribution < -0.4 is 15.0 Å². The molecule has 3 aliphatic rings. The lowest BCUT2D eigenvalue weighted by molar-refractivity contribution is -0.127. The van der Waals surface area contributed by atoms with Gasteiger partial charge in [-0.05, 0) is 29.8 Å². The zero-order chi connectivity index (χ0) is 23.6. The van der Waals surface area contributed by atoms with Gasteiger partial charge in [0, 0.05) is 37.7 Å². The normalized spacial score (nSPS) is 21.8. The summed E-state index contributed by atoms with van der Waals surface area (Å²) in [5.41, 5.74) is 0.848. The van der Waals surface area contributed by atoms with E-state index in [4.69, 9.17) is 9.15 Å². The minimum Gasteiger partial charge on any atom is -0.497 e. The number of ether oxygens (including phenoxy) is 1. The summed E-state index contributed by atoms with van der Waals surface area (Å²) in [6, 6.07) is 10.3. The number of hydrogen-bond acceptors (Lipinski definition) is 7. The number of benzene rings is 1. The number of hydrogen-bond donors (Lipinski definition) is 1. The minimum atomic E-state index is -1.38. The van der Waals surface area contributed by atoms with E-state index in [1.54, 1.807) is 40.1 Å². The SMILES string of the molecule is COc1ccc2c(c1)C(=O)N(C[C@@]1(c3cc4nc(N5CCC5=O)ccc4o3)CC(=O)NC1=O)C2. The minimum absolute atomic E-state index is 0.00320. The molecule has 34 heavy (non-hydrogen) atoms. The number of furan rings is 1. The number of rotatable bonds is 5. The van der Waals surface area contributed by atoms with E-state index in [2.05, 4.69) is 10.3 Å². The molecule has 1 N–H and O–H groups in total. The number of β-lactam (4-membered cyclic amide) rings is 1. The Morgan fingerprint density at radius 2 is 2.00 bits per heavy atom. The lowest BCUT2D eigenvalue weighted by atomic mass is 9.82. The zero-order valence-corrected chi connectivity index (χ0v) is 18.3. The first-order valence-corrected chi connectivity index (χ1v) is 10.9. The highest BCUT2D eigenvalue weighted by atomic mass is 16.5. The molecule has 1 atom stereocenters. The Morgan fingerprint density at radius 1 is 1.15 bits per heavy atom. The van der Waals surface area contributed by atoms with Gasteiger partial charge in [0.25, 0.3) is 5.91 Å². The van der Waals surface area contributed by atoms with Crippen LogP contribution in [0.3, 0.4) is 0 Å². The van der Waals surface area contributed by atoms with Crippen molar-refractivity contribution in [3.63, 3.8) is 0 Å². The number of aromatic nitrogens is 1. The van der Waals surface area contributed by atoms with Gasteiger partial charge in [0.2, 0.25) is 17.7 Å². The average Bonchev–Trinajstić information content (AvgIpc) is 3.46. The molecule has 3 aliphatic heterocycles. The van der Waals surface area contributed by atoms with Crippen LogP contribution in [-0.2, 0) is 26.3 Å². The van der Waals surface area contributed by atoms with E-state index in [0.29, 0.717) is 47.7 Å².